The zero-order valence-corrected chi connectivity index (χ0v) is 11.8. The first-order valence-corrected chi connectivity index (χ1v) is 6.39. The van der Waals surface area contributed by atoms with E-state index in [4.69, 9.17) is 0 Å². The number of carbonyl (C=O) groups excluding carboxylic acids is 2. The van der Waals surface area contributed by atoms with Gasteiger partial charge >= 0.3 is 6.41 Å². The van der Waals surface area contributed by atoms with Crippen LogP contribution in [0.2, 0.25) is 0 Å². The third kappa shape index (κ3) is 3.15. The van der Waals surface area contributed by atoms with E-state index in [1.165, 1.54) is 0 Å². The molecule has 2 N–H and O–H groups in total. The van der Waals surface area contributed by atoms with Crippen LogP contribution in [0.1, 0.15) is 31.1 Å². The lowest BCUT2D eigenvalue weighted by molar-refractivity contribution is 0.0921. The molecule has 0 aromatic heterocycles. The minimum Gasteiger partial charge on any atom is -0.347 e. The largest absolute Gasteiger partial charge is 0.347 e. The molecule has 0 fully saturated rings. The van der Waals surface area contributed by atoms with Gasteiger partial charge in [0.2, 0.25) is 0 Å². The lowest BCUT2D eigenvalue weighted by Crippen LogP contribution is -2.40. The van der Waals surface area contributed by atoms with E-state index < -0.39 is 0 Å². The summed E-state index contributed by atoms with van der Waals surface area (Å²) in [6, 6.07) is 11.0. The fourth-order valence-electron chi connectivity index (χ4n) is 2.04. The Morgan fingerprint density at radius 1 is 1.15 bits per heavy atom. The van der Waals surface area contributed by atoms with Crippen molar-refractivity contribution in [1.29, 1.82) is 0 Å². The van der Waals surface area contributed by atoms with Gasteiger partial charge in [0.1, 0.15) is 0 Å². The number of hydrogen-bond donors (Lipinski definition) is 2. The molecule has 0 aliphatic carbocycles. The van der Waals surface area contributed by atoms with E-state index in [9.17, 15) is 9.59 Å². The molecule has 20 heavy (non-hydrogen) atoms. The van der Waals surface area contributed by atoms with Gasteiger partial charge in [-0.1, -0.05) is 24.3 Å². The van der Waals surface area contributed by atoms with Crippen molar-refractivity contribution >= 4 is 28.8 Å². The fourth-order valence-corrected chi connectivity index (χ4v) is 2.04. The molecule has 0 aliphatic heterocycles. The Balaban J connectivity index is 2.54. The summed E-state index contributed by atoms with van der Waals surface area (Å²) < 4.78 is 0. The molecule has 0 heterocycles. The molecule has 0 unspecified atom stereocenters. The van der Waals surface area contributed by atoms with Gasteiger partial charge in [0.15, 0.2) is 0 Å². The normalized spacial score (nSPS) is 11.2. The van der Waals surface area contributed by atoms with Crippen LogP contribution in [0, 0.1) is 0 Å². The second-order valence-electron chi connectivity index (χ2n) is 5.68. The minimum absolute atomic E-state index is 0.164. The van der Waals surface area contributed by atoms with E-state index in [2.05, 4.69) is 10.6 Å². The Morgan fingerprint density at radius 3 is 2.50 bits per heavy atom. The van der Waals surface area contributed by atoms with Crippen LogP contribution in [0.15, 0.2) is 36.4 Å². The van der Waals surface area contributed by atoms with Crippen LogP contribution >= 0.6 is 0 Å². The second kappa shape index (κ2) is 5.33. The molecular weight excluding hydrogens is 252 g/mol. The Hall–Kier alpha value is -2.36. The van der Waals surface area contributed by atoms with E-state index in [1.54, 1.807) is 12.5 Å². The highest BCUT2D eigenvalue weighted by molar-refractivity contribution is 6.09. The molecule has 0 saturated heterocycles. The minimum atomic E-state index is -0.321. The SMILES string of the molecule is CC(C)(C)NC(=O)c1cc(N[C]=O)cc2ccccc12. The van der Waals surface area contributed by atoms with Crippen molar-refractivity contribution in [3.63, 3.8) is 0 Å². The lowest BCUT2D eigenvalue weighted by atomic mass is 10.0. The molecule has 2 rings (SSSR count). The van der Waals surface area contributed by atoms with Crippen LogP contribution in [-0.2, 0) is 4.79 Å². The van der Waals surface area contributed by atoms with E-state index in [1.807, 2.05) is 51.1 Å². The van der Waals surface area contributed by atoms with Gasteiger partial charge in [-0.05, 0) is 43.7 Å². The summed E-state index contributed by atoms with van der Waals surface area (Å²) in [6.07, 6.45) is 1.63. The highest BCUT2D eigenvalue weighted by atomic mass is 16.1. The summed E-state index contributed by atoms with van der Waals surface area (Å²) in [4.78, 5) is 22.9. The number of nitrogens with one attached hydrogen (secondary N) is 2. The van der Waals surface area contributed by atoms with Gasteiger partial charge in [0.05, 0.1) is 0 Å². The Morgan fingerprint density at radius 2 is 1.85 bits per heavy atom. The molecule has 0 atom stereocenters. The average molecular weight is 269 g/mol. The van der Waals surface area contributed by atoms with Crippen molar-refractivity contribution < 1.29 is 9.59 Å². The predicted octanol–water partition coefficient (Wildman–Crippen LogP) is 2.85. The van der Waals surface area contributed by atoms with Crippen molar-refractivity contribution in [2.75, 3.05) is 5.32 Å². The molecule has 1 radical (unpaired) electrons. The number of hydrogen-bond acceptors (Lipinski definition) is 2. The third-order valence-electron chi connectivity index (χ3n) is 2.79. The van der Waals surface area contributed by atoms with Crippen LogP contribution in [0.3, 0.4) is 0 Å². The van der Waals surface area contributed by atoms with Crippen molar-refractivity contribution in [1.82, 2.24) is 5.32 Å². The van der Waals surface area contributed by atoms with Crippen LogP contribution < -0.4 is 10.6 Å². The molecule has 0 saturated carbocycles. The van der Waals surface area contributed by atoms with Gasteiger partial charge < -0.3 is 10.6 Å². The maximum Gasteiger partial charge on any atom is 0.314 e. The third-order valence-corrected chi connectivity index (χ3v) is 2.79. The van der Waals surface area contributed by atoms with Gasteiger partial charge in [-0.15, -0.1) is 0 Å². The Bertz CT molecular complexity index is 657. The first-order valence-electron chi connectivity index (χ1n) is 6.39. The number of carbonyl (C=O) groups is 1. The molecule has 2 amide bonds. The molecule has 4 nitrogen and oxygen atoms in total. The van der Waals surface area contributed by atoms with Gasteiger partial charge in [0.25, 0.3) is 5.91 Å². The topological polar surface area (TPSA) is 58.2 Å². The first-order chi connectivity index (χ1) is 9.40. The van der Waals surface area contributed by atoms with Crippen LogP contribution in [-0.4, -0.2) is 17.9 Å². The highest BCUT2D eigenvalue weighted by Crippen LogP contribution is 2.24. The lowest BCUT2D eigenvalue weighted by Gasteiger charge is -2.21. The monoisotopic (exact) mass is 269 g/mol. The molecule has 4 heteroatoms. The smallest absolute Gasteiger partial charge is 0.314 e. The Kier molecular flexibility index (Phi) is 3.74. The number of fused-ring (bicyclic) bond motifs is 1. The zero-order chi connectivity index (χ0) is 14.8. The van der Waals surface area contributed by atoms with Gasteiger partial charge in [-0.3, -0.25) is 9.59 Å². The summed E-state index contributed by atoms with van der Waals surface area (Å²) in [6.45, 7) is 5.77. The van der Waals surface area contributed by atoms with Gasteiger partial charge in [-0.2, -0.15) is 0 Å². The standard InChI is InChI=1S/C16H17N2O2/c1-16(2,3)18-15(20)14-9-12(17-10-19)8-11-6-4-5-7-13(11)14/h4-9H,1-3H3,(H,17,19)(H,18,20). The quantitative estimate of drug-likeness (QED) is 0.842. The van der Waals surface area contributed by atoms with Crippen molar-refractivity contribution in [3.8, 4) is 0 Å². The van der Waals surface area contributed by atoms with E-state index >= 15 is 0 Å². The summed E-state index contributed by atoms with van der Waals surface area (Å²) in [7, 11) is 0. The molecular formula is C16H17N2O2. The van der Waals surface area contributed by atoms with Gasteiger partial charge in [-0.25, -0.2) is 0 Å². The number of amides is 2. The highest BCUT2D eigenvalue weighted by Gasteiger charge is 2.17. The summed E-state index contributed by atoms with van der Waals surface area (Å²) in [5.41, 5.74) is 0.770. The summed E-state index contributed by atoms with van der Waals surface area (Å²) in [5.74, 6) is -0.164. The predicted molar refractivity (Wildman–Crippen MR) is 80.5 cm³/mol. The molecule has 0 aliphatic rings. The fraction of sp³-hybridized carbons (Fsp3) is 0.250. The Labute approximate surface area is 118 Å². The van der Waals surface area contributed by atoms with E-state index in [0.717, 1.165) is 10.8 Å². The van der Waals surface area contributed by atoms with Crippen molar-refractivity contribution in [3.05, 3.63) is 42.0 Å². The first kappa shape index (κ1) is 14.1. The molecule has 2 aromatic rings. The van der Waals surface area contributed by atoms with Crippen molar-refractivity contribution in [2.24, 2.45) is 0 Å². The number of benzene rings is 2. The maximum absolute atomic E-state index is 12.4. The zero-order valence-electron chi connectivity index (χ0n) is 11.8. The molecule has 2 aromatic carbocycles. The van der Waals surface area contributed by atoms with Crippen LogP contribution in [0.25, 0.3) is 10.8 Å². The van der Waals surface area contributed by atoms with Gasteiger partial charge in [0, 0.05) is 16.8 Å². The molecule has 0 bridgehead atoms. The summed E-state index contributed by atoms with van der Waals surface area (Å²) in [5, 5.41) is 7.15. The maximum atomic E-state index is 12.4. The average Bonchev–Trinajstić information content (AvgIpc) is 2.36. The number of anilines is 1. The summed E-state index contributed by atoms with van der Waals surface area (Å²) >= 11 is 0. The van der Waals surface area contributed by atoms with Crippen LogP contribution in [0.5, 0.6) is 0 Å². The molecule has 103 valence electrons. The number of rotatable bonds is 3. The van der Waals surface area contributed by atoms with Crippen molar-refractivity contribution in [2.45, 2.75) is 26.3 Å². The van der Waals surface area contributed by atoms with E-state index in [0.29, 0.717) is 11.3 Å². The second-order valence-corrected chi connectivity index (χ2v) is 5.68. The molecule has 0 spiro atoms. The van der Waals surface area contributed by atoms with E-state index in [-0.39, 0.29) is 11.4 Å². The van der Waals surface area contributed by atoms with Crippen LogP contribution in [0.4, 0.5) is 5.69 Å².